The van der Waals surface area contributed by atoms with Crippen LogP contribution in [0, 0.1) is 13.8 Å². The highest BCUT2D eigenvalue weighted by Gasteiger charge is 2.20. The average molecular weight is 235 g/mol. The van der Waals surface area contributed by atoms with Gasteiger partial charge in [-0.25, -0.2) is 4.79 Å². The van der Waals surface area contributed by atoms with Gasteiger partial charge in [0.2, 0.25) is 0 Å². The molecule has 5 nitrogen and oxygen atoms in total. The summed E-state index contributed by atoms with van der Waals surface area (Å²) in [5.41, 5.74) is 2.43. The molecule has 0 saturated heterocycles. The number of rotatable bonds is 4. The maximum absolute atomic E-state index is 11.3. The topological polar surface area (TPSA) is 66.3 Å². The highest BCUT2D eigenvalue weighted by atomic mass is 16.4. The van der Waals surface area contributed by atoms with Gasteiger partial charge < -0.3 is 10.0 Å². The lowest BCUT2D eigenvalue weighted by molar-refractivity contribution is 0.0696. The zero-order valence-electron chi connectivity index (χ0n) is 10.6. The Balaban J connectivity index is 3.28. The summed E-state index contributed by atoms with van der Waals surface area (Å²) in [7, 11) is 1.78. The molecular formula is C12H17N3O2. The number of hydrogen-bond donors (Lipinski definition) is 1. The van der Waals surface area contributed by atoms with Crippen molar-refractivity contribution in [1.29, 1.82) is 0 Å². The minimum absolute atomic E-state index is 0.209. The number of hydrogen-bond acceptors (Lipinski definition) is 4. The van der Waals surface area contributed by atoms with E-state index in [1.54, 1.807) is 25.8 Å². The maximum atomic E-state index is 11.3. The van der Waals surface area contributed by atoms with Crippen LogP contribution in [0.4, 0.5) is 5.82 Å². The van der Waals surface area contributed by atoms with E-state index in [9.17, 15) is 9.90 Å². The molecule has 0 bridgehead atoms. The molecule has 1 rings (SSSR count). The van der Waals surface area contributed by atoms with Gasteiger partial charge in [0.1, 0.15) is 5.56 Å². The number of likely N-dealkylation sites (N-methyl/N-ethyl adjacent to an activating group) is 1. The standard InChI is InChI=1S/C12H17N3O2/c1-7(2)6-15(5)11-10(12(16)17)8(3)9(4)13-14-11/h1,6H2,2-5H3,(H,16,17). The van der Waals surface area contributed by atoms with Gasteiger partial charge in [0.05, 0.1) is 5.69 Å². The Morgan fingerprint density at radius 3 is 2.47 bits per heavy atom. The molecule has 5 heteroatoms. The van der Waals surface area contributed by atoms with Crippen molar-refractivity contribution in [1.82, 2.24) is 10.2 Å². The molecule has 0 amide bonds. The smallest absolute Gasteiger partial charge is 0.339 e. The first-order chi connectivity index (χ1) is 7.84. The Morgan fingerprint density at radius 2 is 2.00 bits per heavy atom. The van der Waals surface area contributed by atoms with E-state index in [2.05, 4.69) is 16.8 Å². The normalized spacial score (nSPS) is 10.1. The van der Waals surface area contributed by atoms with E-state index < -0.39 is 5.97 Å². The average Bonchev–Trinajstić information content (AvgIpc) is 2.19. The van der Waals surface area contributed by atoms with Gasteiger partial charge in [0.15, 0.2) is 5.82 Å². The van der Waals surface area contributed by atoms with Crippen molar-refractivity contribution in [2.75, 3.05) is 18.5 Å². The number of aromatic nitrogens is 2. The lowest BCUT2D eigenvalue weighted by Gasteiger charge is -2.20. The minimum Gasteiger partial charge on any atom is -0.478 e. The summed E-state index contributed by atoms with van der Waals surface area (Å²) in [6.45, 7) is 9.72. The van der Waals surface area contributed by atoms with Crippen molar-refractivity contribution < 1.29 is 9.90 Å². The minimum atomic E-state index is -0.982. The van der Waals surface area contributed by atoms with E-state index in [-0.39, 0.29) is 5.56 Å². The molecule has 0 aliphatic rings. The second-order valence-electron chi connectivity index (χ2n) is 4.23. The van der Waals surface area contributed by atoms with Gasteiger partial charge in [-0.3, -0.25) is 0 Å². The van der Waals surface area contributed by atoms with Crippen molar-refractivity contribution in [2.24, 2.45) is 0 Å². The predicted molar refractivity (Wildman–Crippen MR) is 66.5 cm³/mol. The lowest BCUT2D eigenvalue weighted by atomic mass is 10.1. The van der Waals surface area contributed by atoms with E-state index >= 15 is 0 Å². The SMILES string of the molecule is C=C(C)CN(C)c1nnc(C)c(C)c1C(=O)O. The Morgan fingerprint density at radius 1 is 1.41 bits per heavy atom. The number of anilines is 1. The van der Waals surface area contributed by atoms with E-state index in [1.165, 1.54) is 0 Å². The lowest BCUT2D eigenvalue weighted by Crippen LogP contribution is -2.24. The second kappa shape index (κ2) is 4.95. The third-order valence-electron chi connectivity index (χ3n) is 2.52. The van der Waals surface area contributed by atoms with Gasteiger partial charge in [-0.1, -0.05) is 12.2 Å². The van der Waals surface area contributed by atoms with Crippen LogP contribution < -0.4 is 4.90 Å². The number of aryl methyl sites for hydroxylation is 1. The third-order valence-corrected chi connectivity index (χ3v) is 2.52. The van der Waals surface area contributed by atoms with Crippen LogP contribution in [0.3, 0.4) is 0 Å². The van der Waals surface area contributed by atoms with Crippen molar-refractivity contribution in [3.05, 3.63) is 29.0 Å². The molecule has 1 aromatic rings. The number of carbonyl (C=O) groups is 1. The largest absolute Gasteiger partial charge is 0.478 e. The molecular weight excluding hydrogens is 218 g/mol. The number of carboxylic acids is 1. The van der Waals surface area contributed by atoms with Gasteiger partial charge in [0, 0.05) is 13.6 Å². The molecule has 0 fully saturated rings. The molecule has 0 saturated carbocycles. The first-order valence-corrected chi connectivity index (χ1v) is 5.27. The Kier molecular flexibility index (Phi) is 3.83. The summed E-state index contributed by atoms with van der Waals surface area (Å²) in [5.74, 6) is -0.604. The van der Waals surface area contributed by atoms with Gasteiger partial charge in [-0.2, -0.15) is 5.10 Å². The fraction of sp³-hybridized carbons (Fsp3) is 0.417. The molecule has 0 aliphatic heterocycles. The molecule has 17 heavy (non-hydrogen) atoms. The molecule has 0 unspecified atom stereocenters. The molecule has 0 aromatic carbocycles. The highest BCUT2D eigenvalue weighted by Crippen LogP contribution is 2.21. The van der Waals surface area contributed by atoms with E-state index in [0.29, 0.717) is 23.6 Å². The Bertz CT molecular complexity index is 469. The van der Waals surface area contributed by atoms with Crippen LogP contribution in [0.15, 0.2) is 12.2 Å². The molecule has 0 spiro atoms. The summed E-state index contributed by atoms with van der Waals surface area (Å²) in [5, 5.41) is 17.2. The molecule has 0 radical (unpaired) electrons. The van der Waals surface area contributed by atoms with Crippen LogP contribution in [-0.2, 0) is 0 Å². The first kappa shape index (κ1) is 13.2. The maximum Gasteiger partial charge on any atom is 0.339 e. The third kappa shape index (κ3) is 2.81. The van der Waals surface area contributed by atoms with Crippen LogP contribution in [0.5, 0.6) is 0 Å². The van der Waals surface area contributed by atoms with Crippen molar-refractivity contribution in [2.45, 2.75) is 20.8 Å². The number of aromatic carboxylic acids is 1. The van der Waals surface area contributed by atoms with Gasteiger partial charge in [0.25, 0.3) is 0 Å². The zero-order chi connectivity index (χ0) is 13.2. The van der Waals surface area contributed by atoms with Crippen LogP contribution in [0.1, 0.15) is 28.5 Å². The summed E-state index contributed by atoms with van der Waals surface area (Å²) < 4.78 is 0. The fourth-order valence-corrected chi connectivity index (χ4v) is 1.60. The summed E-state index contributed by atoms with van der Waals surface area (Å²) in [6.07, 6.45) is 0. The molecule has 1 N–H and O–H groups in total. The highest BCUT2D eigenvalue weighted by molar-refractivity contribution is 5.95. The fourth-order valence-electron chi connectivity index (χ4n) is 1.60. The monoisotopic (exact) mass is 235 g/mol. The Labute approximate surface area is 101 Å². The van der Waals surface area contributed by atoms with Crippen LogP contribution in [-0.4, -0.2) is 34.9 Å². The molecule has 92 valence electrons. The van der Waals surface area contributed by atoms with E-state index in [1.807, 2.05) is 6.92 Å². The van der Waals surface area contributed by atoms with E-state index in [4.69, 9.17) is 0 Å². The van der Waals surface area contributed by atoms with Crippen molar-refractivity contribution in [3.63, 3.8) is 0 Å². The van der Waals surface area contributed by atoms with Gasteiger partial charge in [-0.15, -0.1) is 5.10 Å². The second-order valence-corrected chi connectivity index (χ2v) is 4.23. The molecule has 1 heterocycles. The summed E-state index contributed by atoms with van der Waals surface area (Å²) >= 11 is 0. The number of carboxylic acid groups (broad SMARTS) is 1. The van der Waals surface area contributed by atoms with Crippen molar-refractivity contribution in [3.8, 4) is 0 Å². The van der Waals surface area contributed by atoms with Gasteiger partial charge >= 0.3 is 5.97 Å². The summed E-state index contributed by atoms with van der Waals surface area (Å²) in [6, 6.07) is 0. The van der Waals surface area contributed by atoms with Gasteiger partial charge in [-0.05, 0) is 26.3 Å². The first-order valence-electron chi connectivity index (χ1n) is 5.27. The Hall–Kier alpha value is -1.91. The molecule has 0 atom stereocenters. The van der Waals surface area contributed by atoms with Crippen LogP contribution >= 0.6 is 0 Å². The summed E-state index contributed by atoms with van der Waals surface area (Å²) in [4.78, 5) is 13.0. The van der Waals surface area contributed by atoms with E-state index in [0.717, 1.165) is 5.57 Å². The quantitative estimate of drug-likeness (QED) is 0.806. The molecule has 1 aromatic heterocycles. The zero-order valence-corrected chi connectivity index (χ0v) is 10.6. The van der Waals surface area contributed by atoms with Crippen LogP contribution in [0.2, 0.25) is 0 Å². The van der Waals surface area contributed by atoms with Crippen molar-refractivity contribution >= 4 is 11.8 Å². The van der Waals surface area contributed by atoms with Crippen LogP contribution in [0.25, 0.3) is 0 Å². The molecule has 0 aliphatic carbocycles. The predicted octanol–water partition coefficient (Wildman–Crippen LogP) is 1.80. The number of nitrogens with zero attached hydrogens (tertiary/aromatic N) is 3.